The van der Waals surface area contributed by atoms with Crippen LogP contribution in [0.2, 0.25) is 5.02 Å². The minimum atomic E-state index is -0.549. The first kappa shape index (κ1) is 15.1. The van der Waals surface area contributed by atoms with E-state index in [0.29, 0.717) is 16.1 Å². The zero-order valence-corrected chi connectivity index (χ0v) is 12.9. The van der Waals surface area contributed by atoms with Crippen LogP contribution in [-0.2, 0) is 4.79 Å². The number of hydrogen-bond donors (Lipinski definition) is 1. The first-order chi connectivity index (χ1) is 10.9. The van der Waals surface area contributed by atoms with Crippen LogP contribution in [0.5, 0.6) is 11.5 Å². The zero-order chi connectivity index (χ0) is 16.6. The molecule has 3 aromatic rings. The lowest BCUT2D eigenvalue weighted by Gasteiger charge is -2.07. The minimum Gasteiger partial charge on any atom is -0.506 e. The summed E-state index contributed by atoms with van der Waals surface area (Å²) >= 11 is 5.93. The number of hydrogen-bond acceptors (Lipinski definition) is 5. The van der Waals surface area contributed by atoms with E-state index >= 15 is 0 Å². The molecule has 0 atom stereocenters. The van der Waals surface area contributed by atoms with E-state index in [4.69, 9.17) is 16.3 Å². The van der Waals surface area contributed by atoms with E-state index < -0.39 is 5.97 Å². The van der Waals surface area contributed by atoms with E-state index in [9.17, 15) is 9.90 Å². The molecule has 6 nitrogen and oxygen atoms in total. The zero-order valence-electron chi connectivity index (χ0n) is 12.2. The lowest BCUT2D eigenvalue weighted by Crippen LogP contribution is -2.09. The Kier molecular flexibility index (Phi) is 3.75. The highest BCUT2D eigenvalue weighted by molar-refractivity contribution is 6.31. The number of phenolic OH excluding ortho intramolecular Hbond substituents is 1. The lowest BCUT2D eigenvalue weighted by atomic mass is 10.3. The van der Waals surface area contributed by atoms with Gasteiger partial charge in [0, 0.05) is 16.7 Å². The van der Waals surface area contributed by atoms with Gasteiger partial charge < -0.3 is 9.84 Å². The maximum Gasteiger partial charge on any atom is 0.338 e. The number of carbonyl (C=O) groups is 1. The summed E-state index contributed by atoms with van der Waals surface area (Å²) in [5, 5.41) is 19.1. The van der Waals surface area contributed by atoms with Gasteiger partial charge in [0.15, 0.2) is 0 Å². The van der Waals surface area contributed by atoms with Gasteiger partial charge in [0.25, 0.3) is 0 Å². The van der Waals surface area contributed by atoms with E-state index in [1.165, 1.54) is 23.0 Å². The van der Waals surface area contributed by atoms with Crippen LogP contribution >= 0.6 is 11.6 Å². The first-order valence-electron chi connectivity index (χ1n) is 6.68. The standard InChI is InChI=1S/C16H12ClN3O3/c1-9(2)16(22)23-11-4-6-15(21)14(8-11)20-18-12-5-3-10(17)7-13(12)19-20/h3-8,21H,1H2,2H3. The average Bonchev–Trinajstić information content (AvgIpc) is 2.91. The molecule has 0 bridgehead atoms. The third-order valence-electron chi connectivity index (χ3n) is 3.06. The summed E-state index contributed by atoms with van der Waals surface area (Å²) in [6.45, 7) is 5.07. The SMILES string of the molecule is C=C(C)C(=O)Oc1ccc(O)c(-n2nc3ccc(Cl)cc3n2)c1. The summed E-state index contributed by atoms with van der Waals surface area (Å²) in [5.41, 5.74) is 1.76. The molecule has 2 aromatic carbocycles. The quantitative estimate of drug-likeness (QED) is 0.453. The number of nitrogens with zero attached hydrogens (tertiary/aromatic N) is 3. The molecule has 0 saturated carbocycles. The van der Waals surface area contributed by atoms with Crippen LogP contribution in [0.1, 0.15) is 6.92 Å². The van der Waals surface area contributed by atoms with Crippen LogP contribution in [0.3, 0.4) is 0 Å². The minimum absolute atomic E-state index is 0.0495. The molecule has 0 unspecified atom stereocenters. The smallest absolute Gasteiger partial charge is 0.338 e. The van der Waals surface area contributed by atoms with Crippen molar-refractivity contribution < 1.29 is 14.6 Å². The highest BCUT2D eigenvalue weighted by Crippen LogP contribution is 2.27. The summed E-state index contributed by atoms with van der Waals surface area (Å²) in [5.74, 6) is -0.344. The molecule has 1 heterocycles. The van der Waals surface area contributed by atoms with Crippen molar-refractivity contribution in [3.63, 3.8) is 0 Å². The molecule has 0 saturated heterocycles. The van der Waals surface area contributed by atoms with Crippen molar-refractivity contribution in [3.8, 4) is 17.2 Å². The maximum atomic E-state index is 11.6. The van der Waals surface area contributed by atoms with E-state index in [-0.39, 0.29) is 22.8 Å². The molecule has 0 radical (unpaired) electrons. The van der Waals surface area contributed by atoms with Gasteiger partial charge in [-0.05, 0) is 37.3 Å². The number of aromatic nitrogens is 3. The summed E-state index contributed by atoms with van der Waals surface area (Å²) in [6, 6.07) is 9.44. The van der Waals surface area contributed by atoms with Gasteiger partial charge in [0.1, 0.15) is 28.2 Å². The lowest BCUT2D eigenvalue weighted by molar-refractivity contribution is -0.130. The molecule has 3 rings (SSSR count). The highest BCUT2D eigenvalue weighted by atomic mass is 35.5. The topological polar surface area (TPSA) is 77.2 Å². The van der Waals surface area contributed by atoms with Crippen molar-refractivity contribution in [3.05, 3.63) is 53.6 Å². The summed E-state index contributed by atoms with van der Waals surface area (Å²) in [6.07, 6.45) is 0. The van der Waals surface area contributed by atoms with Crippen molar-refractivity contribution in [2.24, 2.45) is 0 Å². The van der Waals surface area contributed by atoms with E-state index in [1.54, 1.807) is 25.1 Å². The van der Waals surface area contributed by atoms with Gasteiger partial charge >= 0.3 is 5.97 Å². The fourth-order valence-electron chi connectivity index (χ4n) is 1.92. The monoisotopic (exact) mass is 329 g/mol. The Morgan fingerprint density at radius 2 is 1.96 bits per heavy atom. The number of halogens is 1. The predicted molar refractivity (Wildman–Crippen MR) is 86.0 cm³/mol. The third-order valence-corrected chi connectivity index (χ3v) is 3.30. The number of ether oxygens (including phenoxy) is 1. The molecule has 1 aromatic heterocycles. The third kappa shape index (κ3) is 3.02. The fraction of sp³-hybridized carbons (Fsp3) is 0.0625. The molecule has 0 aliphatic heterocycles. The first-order valence-corrected chi connectivity index (χ1v) is 7.05. The second-order valence-corrected chi connectivity index (χ2v) is 5.38. The molecule has 23 heavy (non-hydrogen) atoms. The Balaban J connectivity index is 2.03. The molecule has 1 N–H and O–H groups in total. The Morgan fingerprint density at radius 3 is 2.70 bits per heavy atom. The number of fused-ring (bicyclic) bond motifs is 1. The molecule has 116 valence electrons. The molecule has 0 spiro atoms. The average molecular weight is 330 g/mol. The van der Waals surface area contributed by atoms with Crippen LogP contribution in [0.15, 0.2) is 48.6 Å². The van der Waals surface area contributed by atoms with Crippen LogP contribution in [0.25, 0.3) is 16.7 Å². The van der Waals surface area contributed by atoms with Crippen LogP contribution in [-0.4, -0.2) is 26.1 Å². The van der Waals surface area contributed by atoms with E-state index in [0.717, 1.165) is 0 Å². The van der Waals surface area contributed by atoms with Crippen LogP contribution in [0.4, 0.5) is 0 Å². The van der Waals surface area contributed by atoms with E-state index in [2.05, 4.69) is 16.8 Å². The second-order valence-electron chi connectivity index (χ2n) is 4.94. The van der Waals surface area contributed by atoms with Crippen molar-refractivity contribution in [2.75, 3.05) is 0 Å². The molecule has 0 amide bonds. The number of esters is 1. The highest BCUT2D eigenvalue weighted by Gasteiger charge is 2.13. The molecule has 0 aliphatic carbocycles. The Hall–Kier alpha value is -2.86. The van der Waals surface area contributed by atoms with Crippen molar-refractivity contribution in [2.45, 2.75) is 6.92 Å². The second kappa shape index (κ2) is 5.73. The molecule has 0 aliphatic rings. The van der Waals surface area contributed by atoms with Gasteiger partial charge in [0.05, 0.1) is 0 Å². The van der Waals surface area contributed by atoms with E-state index in [1.807, 2.05) is 0 Å². The predicted octanol–water partition coefficient (Wildman–Crippen LogP) is 3.26. The van der Waals surface area contributed by atoms with Crippen molar-refractivity contribution in [1.82, 2.24) is 15.0 Å². The van der Waals surface area contributed by atoms with Gasteiger partial charge in [-0.1, -0.05) is 18.2 Å². The van der Waals surface area contributed by atoms with Crippen LogP contribution < -0.4 is 4.74 Å². The Morgan fingerprint density at radius 1 is 1.22 bits per heavy atom. The van der Waals surface area contributed by atoms with Gasteiger partial charge in [-0.3, -0.25) is 0 Å². The van der Waals surface area contributed by atoms with Crippen molar-refractivity contribution >= 4 is 28.6 Å². The molecule has 7 heteroatoms. The van der Waals surface area contributed by atoms with Gasteiger partial charge in [-0.15, -0.1) is 15.0 Å². The molecular weight excluding hydrogens is 318 g/mol. The summed E-state index contributed by atoms with van der Waals surface area (Å²) in [7, 11) is 0. The summed E-state index contributed by atoms with van der Waals surface area (Å²) < 4.78 is 5.15. The Labute approximate surface area is 136 Å². The number of phenols is 1. The van der Waals surface area contributed by atoms with Crippen molar-refractivity contribution in [1.29, 1.82) is 0 Å². The number of carbonyl (C=O) groups excluding carboxylic acids is 1. The van der Waals surface area contributed by atoms with Gasteiger partial charge in [-0.2, -0.15) is 0 Å². The Bertz CT molecular complexity index is 933. The number of rotatable bonds is 3. The van der Waals surface area contributed by atoms with Gasteiger partial charge in [-0.25, -0.2) is 4.79 Å². The molecular formula is C16H12ClN3O3. The fourth-order valence-corrected chi connectivity index (χ4v) is 2.08. The van der Waals surface area contributed by atoms with Gasteiger partial charge in [0.2, 0.25) is 0 Å². The molecule has 0 fully saturated rings. The largest absolute Gasteiger partial charge is 0.506 e. The normalized spacial score (nSPS) is 10.7. The summed E-state index contributed by atoms with van der Waals surface area (Å²) in [4.78, 5) is 12.8. The number of aromatic hydroxyl groups is 1. The number of benzene rings is 2. The maximum absolute atomic E-state index is 11.6. The van der Waals surface area contributed by atoms with Crippen LogP contribution in [0, 0.1) is 0 Å².